The van der Waals surface area contributed by atoms with Crippen LogP contribution in [0.25, 0.3) is 11.1 Å². The molecule has 1 aromatic heterocycles. The Balaban J connectivity index is 1.11. The second kappa shape index (κ2) is 17.3. The molecule has 50 heavy (non-hydrogen) atoms. The average Bonchev–Trinajstić information content (AvgIpc) is 4.07. The maximum atomic E-state index is 12.7. The summed E-state index contributed by atoms with van der Waals surface area (Å²) >= 11 is 6.79. The number of carbonyl (C=O) groups is 1. The van der Waals surface area contributed by atoms with Gasteiger partial charge < -0.3 is 45.2 Å². The molecule has 0 saturated heterocycles. The smallest absolute Gasteiger partial charge is 0.317 e. The van der Waals surface area contributed by atoms with E-state index in [1.807, 2.05) is 42.7 Å². The lowest BCUT2D eigenvalue weighted by Crippen LogP contribution is -2.52. The van der Waals surface area contributed by atoms with Gasteiger partial charge in [-0.2, -0.15) is 0 Å². The van der Waals surface area contributed by atoms with E-state index in [1.165, 1.54) is 4.90 Å². The second-order valence-corrected chi connectivity index (χ2v) is 13.8. The first kappa shape index (κ1) is 38.0. The van der Waals surface area contributed by atoms with Gasteiger partial charge in [-0.25, -0.2) is 4.79 Å². The van der Waals surface area contributed by atoms with Crippen molar-refractivity contribution >= 4 is 17.6 Å². The molecule has 12 heteroatoms. The standard InChI is InChI=1S/C38H50ClN3O8/c1-3-42(21-32(44)35(46)36(47)33(45)22-43)37(48)41-16-7-6-8-25-19-31(39)26(18-24(25)2)23-49-38(14-15-38)30-20-40-17-13-28(30)29-9-4-5-10-34(29)50-27-11-12-27/h4-5,9-10,13,17-20,27,32-33,35-36,43-47H,3,6-8,11-12,14-16,21-23H2,1-2H3,(H,41,48)/t32-,33+,35+,36+/m0/s1. The summed E-state index contributed by atoms with van der Waals surface area (Å²) in [7, 11) is 0. The van der Waals surface area contributed by atoms with E-state index >= 15 is 0 Å². The highest BCUT2D eigenvalue weighted by Gasteiger charge is 2.48. The first-order chi connectivity index (χ1) is 24.1. The Morgan fingerprint density at radius 3 is 2.48 bits per heavy atom. The van der Waals surface area contributed by atoms with Gasteiger partial charge in [-0.3, -0.25) is 4.98 Å². The van der Waals surface area contributed by atoms with Crippen molar-refractivity contribution in [2.75, 3.05) is 26.2 Å². The van der Waals surface area contributed by atoms with Crippen LogP contribution in [0.1, 0.15) is 67.7 Å². The van der Waals surface area contributed by atoms with Crippen molar-refractivity contribution < 1.29 is 39.8 Å². The SMILES string of the molecule is CCN(C[C@H](O)[C@@H](O)[C@H](O)[C@H](O)CO)C(=O)NCCCCc1cc(Cl)c(COC2(c3cnccc3-c3ccccc3OC3CC3)CC2)cc1C. The Labute approximate surface area is 298 Å². The molecule has 6 N–H and O–H groups in total. The largest absolute Gasteiger partial charge is 0.490 e. The number of nitrogens with zero attached hydrogens (tertiary/aromatic N) is 2. The molecule has 2 aliphatic carbocycles. The number of pyridine rings is 1. The number of hydrogen-bond acceptors (Lipinski definition) is 9. The van der Waals surface area contributed by atoms with Gasteiger partial charge in [-0.1, -0.05) is 35.9 Å². The van der Waals surface area contributed by atoms with E-state index in [9.17, 15) is 25.2 Å². The fraction of sp³-hybridized carbons (Fsp3) is 0.526. The molecule has 11 nitrogen and oxygen atoms in total. The Hall–Kier alpha value is -3.29. The van der Waals surface area contributed by atoms with Gasteiger partial charge in [0.2, 0.25) is 0 Å². The van der Waals surface area contributed by atoms with E-state index in [1.54, 1.807) is 6.92 Å². The molecule has 5 rings (SSSR count). The summed E-state index contributed by atoms with van der Waals surface area (Å²) < 4.78 is 12.9. The van der Waals surface area contributed by atoms with Crippen LogP contribution < -0.4 is 10.1 Å². The molecule has 0 aliphatic heterocycles. The molecule has 0 radical (unpaired) electrons. The molecule has 2 aliphatic rings. The fourth-order valence-corrected chi connectivity index (χ4v) is 6.37. The molecular formula is C38H50ClN3O8. The summed E-state index contributed by atoms with van der Waals surface area (Å²) in [4.78, 5) is 18.4. The maximum Gasteiger partial charge on any atom is 0.317 e. The minimum Gasteiger partial charge on any atom is -0.490 e. The minimum absolute atomic E-state index is 0.250. The van der Waals surface area contributed by atoms with Crippen LogP contribution in [0.4, 0.5) is 4.79 Å². The number of aliphatic hydroxyl groups is 5. The molecule has 1 heterocycles. The second-order valence-electron chi connectivity index (χ2n) is 13.4. The molecule has 2 saturated carbocycles. The van der Waals surface area contributed by atoms with Crippen LogP contribution in [-0.2, 0) is 23.4 Å². The third-order valence-electron chi connectivity index (χ3n) is 9.57. The Morgan fingerprint density at radius 2 is 1.78 bits per heavy atom. The van der Waals surface area contributed by atoms with Crippen molar-refractivity contribution in [3.8, 4) is 16.9 Å². The van der Waals surface area contributed by atoms with Gasteiger partial charge in [-0.05, 0) is 99.2 Å². The lowest BCUT2D eigenvalue weighted by molar-refractivity contribution is -0.117. The quantitative estimate of drug-likeness (QED) is 0.0998. The highest BCUT2D eigenvalue weighted by Crippen LogP contribution is 2.53. The van der Waals surface area contributed by atoms with Crippen LogP contribution >= 0.6 is 11.6 Å². The topological polar surface area (TPSA) is 165 Å². The zero-order valence-corrected chi connectivity index (χ0v) is 29.6. The van der Waals surface area contributed by atoms with Gasteiger partial charge in [0, 0.05) is 41.6 Å². The fourth-order valence-electron chi connectivity index (χ4n) is 6.13. The number of halogens is 1. The first-order valence-corrected chi connectivity index (χ1v) is 17.9. The highest BCUT2D eigenvalue weighted by molar-refractivity contribution is 6.31. The Bertz CT molecular complexity index is 1580. The van der Waals surface area contributed by atoms with E-state index in [4.69, 9.17) is 26.2 Å². The van der Waals surface area contributed by atoms with E-state index in [0.717, 1.165) is 77.7 Å². The predicted molar refractivity (Wildman–Crippen MR) is 190 cm³/mol. The first-order valence-electron chi connectivity index (χ1n) is 17.5. The summed E-state index contributed by atoms with van der Waals surface area (Å²) in [6, 6.07) is 13.9. The molecule has 4 atom stereocenters. The number of likely N-dealkylation sites (N-methyl/N-ethyl adjacent to an activating group) is 1. The van der Waals surface area contributed by atoms with E-state index < -0.39 is 42.7 Å². The van der Waals surface area contributed by atoms with Crippen LogP contribution in [0.3, 0.4) is 0 Å². The number of para-hydroxylation sites is 1. The number of urea groups is 1. The molecule has 2 amide bonds. The van der Waals surface area contributed by atoms with Crippen molar-refractivity contribution in [2.45, 2.75) is 102 Å². The number of aliphatic hydroxyl groups excluding tert-OH is 5. The highest BCUT2D eigenvalue weighted by atomic mass is 35.5. The normalized spacial score (nSPS) is 17.4. The average molecular weight is 712 g/mol. The number of ether oxygens (including phenoxy) is 2. The number of hydrogen-bond donors (Lipinski definition) is 6. The van der Waals surface area contributed by atoms with Crippen molar-refractivity contribution in [3.63, 3.8) is 0 Å². The summed E-state index contributed by atoms with van der Waals surface area (Å²) in [5.74, 6) is 0.892. The van der Waals surface area contributed by atoms with Gasteiger partial charge in [0.15, 0.2) is 0 Å². The van der Waals surface area contributed by atoms with Crippen molar-refractivity contribution in [1.29, 1.82) is 0 Å². The lowest BCUT2D eigenvalue weighted by Gasteiger charge is -2.30. The molecule has 272 valence electrons. The van der Waals surface area contributed by atoms with E-state index in [0.29, 0.717) is 30.7 Å². The third-order valence-corrected chi connectivity index (χ3v) is 9.92. The van der Waals surface area contributed by atoms with Gasteiger partial charge in [0.1, 0.15) is 30.2 Å². The zero-order valence-electron chi connectivity index (χ0n) is 28.8. The number of aromatic nitrogens is 1. The maximum absolute atomic E-state index is 12.7. The Morgan fingerprint density at radius 1 is 1.04 bits per heavy atom. The van der Waals surface area contributed by atoms with Gasteiger partial charge in [0.05, 0.1) is 31.5 Å². The summed E-state index contributed by atoms with van der Waals surface area (Å²) in [5, 5.41) is 52.1. The number of benzene rings is 2. The predicted octanol–water partition coefficient (Wildman–Crippen LogP) is 4.25. The van der Waals surface area contributed by atoms with Crippen molar-refractivity contribution in [1.82, 2.24) is 15.2 Å². The van der Waals surface area contributed by atoms with Crippen LogP contribution in [0.5, 0.6) is 5.75 Å². The summed E-state index contributed by atoms with van der Waals surface area (Å²) in [6.07, 6.45) is 3.74. The zero-order chi connectivity index (χ0) is 35.8. The van der Waals surface area contributed by atoms with Gasteiger partial charge in [-0.15, -0.1) is 0 Å². The Kier molecular flexibility index (Phi) is 13.1. The molecule has 0 unspecified atom stereocenters. The third kappa shape index (κ3) is 9.52. The lowest BCUT2D eigenvalue weighted by atomic mass is 9.96. The van der Waals surface area contributed by atoms with Crippen LogP contribution in [0.2, 0.25) is 5.02 Å². The number of amides is 2. The number of aryl methyl sites for hydroxylation is 2. The van der Waals surface area contributed by atoms with Crippen LogP contribution in [-0.4, -0.2) is 98.2 Å². The number of carbonyl (C=O) groups excluding carboxylic acids is 1. The van der Waals surface area contributed by atoms with E-state index in [-0.39, 0.29) is 13.1 Å². The van der Waals surface area contributed by atoms with Crippen LogP contribution in [0.15, 0.2) is 54.9 Å². The van der Waals surface area contributed by atoms with Gasteiger partial charge >= 0.3 is 6.03 Å². The molecule has 0 spiro atoms. The molecular weight excluding hydrogens is 662 g/mol. The molecule has 0 bridgehead atoms. The molecule has 2 fully saturated rings. The monoisotopic (exact) mass is 711 g/mol. The van der Waals surface area contributed by atoms with Gasteiger partial charge in [0.25, 0.3) is 0 Å². The van der Waals surface area contributed by atoms with Crippen molar-refractivity contribution in [3.05, 3.63) is 82.1 Å². The minimum atomic E-state index is -1.74. The summed E-state index contributed by atoms with van der Waals surface area (Å²) in [6.45, 7) is 3.82. The number of rotatable bonds is 19. The summed E-state index contributed by atoms with van der Waals surface area (Å²) in [5.41, 5.74) is 5.95. The van der Waals surface area contributed by atoms with Crippen molar-refractivity contribution in [2.24, 2.45) is 0 Å². The molecule has 2 aromatic carbocycles. The van der Waals surface area contributed by atoms with Crippen LogP contribution in [0, 0.1) is 6.92 Å². The number of unbranched alkanes of at least 4 members (excludes halogenated alkanes) is 1. The number of nitrogens with one attached hydrogen (secondary N) is 1. The van der Waals surface area contributed by atoms with E-state index in [2.05, 4.69) is 29.4 Å². The molecule has 3 aromatic rings.